The molecular weight excluding hydrogens is 322 g/mol. The minimum absolute atomic E-state index is 0.0453. The molecule has 0 bridgehead atoms. The second-order valence-corrected chi connectivity index (χ2v) is 7.93. The van der Waals surface area contributed by atoms with Gasteiger partial charge >= 0.3 is 5.97 Å². The number of rotatable bonds is 4. The molecule has 4 heteroatoms. The van der Waals surface area contributed by atoms with Crippen LogP contribution in [0.15, 0.2) is 18.3 Å². The molecule has 0 N–H and O–H groups in total. The predicted octanol–water partition coefficient (Wildman–Crippen LogP) is 5.66. The number of halogens is 1. The van der Waals surface area contributed by atoms with Gasteiger partial charge in [0.15, 0.2) is 0 Å². The Labute approximate surface area is 150 Å². The molecular formula is C20H28ClNO2. The van der Waals surface area contributed by atoms with Gasteiger partial charge in [-0.2, -0.15) is 0 Å². The Balaban J connectivity index is 1.44. The molecule has 2 aliphatic carbocycles. The quantitative estimate of drug-likeness (QED) is 0.519. The molecule has 1 aromatic rings. The molecule has 2 aliphatic rings. The smallest absolute Gasteiger partial charge is 0.314 e. The summed E-state index contributed by atoms with van der Waals surface area (Å²) in [6.45, 7) is 2.32. The molecule has 1 heterocycles. The van der Waals surface area contributed by atoms with Gasteiger partial charge in [0.25, 0.3) is 0 Å². The van der Waals surface area contributed by atoms with E-state index >= 15 is 0 Å². The third-order valence-corrected chi connectivity index (χ3v) is 6.38. The standard InChI is InChI=1S/C20H28ClNO2/c1-2-14-3-5-15(6-4-14)16-7-9-17(10-8-16)20(23)24-18-11-12-19(21)22-13-18/h11-17H,2-10H2,1H3. The number of carbonyl (C=O) groups excluding carboxylic acids is 1. The zero-order chi connectivity index (χ0) is 16.9. The van der Waals surface area contributed by atoms with Crippen molar-refractivity contribution in [1.82, 2.24) is 4.98 Å². The molecule has 3 rings (SSSR count). The van der Waals surface area contributed by atoms with Crippen molar-refractivity contribution in [2.24, 2.45) is 23.7 Å². The second kappa shape index (κ2) is 8.33. The van der Waals surface area contributed by atoms with Crippen molar-refractivity contribution in [2.45, 2.75) is 64.7 Å². The van der Waals surface area contributed by atoms with Crippen LogP contribution in [0.25, 0.3) is 0 Å². The third kappa shape index (κ3) is 4.50. The first-order chi connectivity index (χ1) is 11.7. The first-order valence-electron chi connectivity index (χ1n) is 9.49. The largest absolute Gasteiger partial charge is 0.425 e. The summed E-state index contributed by atoms with van der Waals surface area (Å²) < 4.78 is 5.46. The van der Waals surface area contributed by atoms with E-state index in [-0.39, 0.29) is 11.9 Å². The van der Waals surface area contributed by atoms with Gasteiger partial charge in [-0.25, -0.2) is 4.98 Å². The highest BCUT2D eigenvalue weighted by Gasteiger charge is 2.33. The highest BCUT2D eigenvalue weighted by Crippen LogP contribution is 2.42. The first-order valence-corrected chi connectivity index (χ1v) is 9.86. The van der Waals surface area contributed by atoms with Crippen molar-refractivity contribution in [3.8, 4) is 5.75 Å². The van der Waals surface area contributed by atoms with E-state index in [0.29, 0.717) is 10.9 Å². The van der Waals surface area contributed by atoms with Gasteiger partial charge in [-0.05, 0) is 68.4 Å². The van der Waals surface area contributed by atoms with E-state index in [1.54, 1.807) is 12.1 Å². The average molecular weight is 350 g/mol. The third-order valence-electron chi connectivity index (χ3n) is 6.16. The van der Waals surface area contributed by atoms with Crippen molar-refractivity contribution < 1.29 is 9.53 Å². The van der Waals surface area contributed by atoms with E-state index in [1.807, 2.05) is 0 Å². The van der Waals surface area contributed by atoms with Crippen molar-refractivity contribution in [3.63, 3.8) is 0 Å². The van der Waals surface area contributed by atoms with Gasteiger partial charge in [0.05, 0.1) is 12.1 Å². The van der Waals surface area contributed by atoms with Crippen LogP contribution >= 0.6 is 11.6 Å². The fraction of sp³-hybridized carbons (Fsp3) is 0.700. The van der Waals surface area contributed by atoms with Crippen LogP contribution in [0, 0.1) is 23.7 Å². The fourth-order valence-electron chi connectivity index (χ4n) is 4.52. The molecule has 1 aromatic heterocycles. The summed E-state index contributed by atoms with van der Waals surface area (Å²) in [5.41, 5.74) is 0. The molecule has 0 unspecified atom stereocenters. The van der Waals surface area contributed by atoms with Crippen LogP contribution in [0.5, 0.6) is 5.75 Å². The minimum atomic E-state index is -0.104. The Morgan fingerprint density at radius 1 is 1.08 bits per heavy atom. The van der Waals surface area contributed by atoms with E-state index < -0.39 is 0 Å². The Kier molecular flexibility index (Phi) is 6.15. The predicted molar refractivity (Wildman–Crippen MR) is 96.1 cm³/mol. The maximum absolute atomic E-state index is 12.3. The van der Waals surface area contributed by atoms with Crippen LogP contribution in [-0.4, -0.2) is 11.0 Å². The lowest BCUT2D eigenvalue weighted by Gasteiger charge is -2.37. The number of pyridine rings is 1. The van der Waals surface area contributed by atoms with Crippen LogP contribution in [0.1, 0.15) is 64.7 Å². The summed E-state index contributed by atoms with van der Waals surface area (Å²) in [4.78, 5) is 16.3. The summed E-state index contributed by atoms with van der Waals surface area (Å²) in [5.74, 6) is 3.11. The summed E-state index contributed by atoms with van der Waals surface area (Å²) in [6.07, 6.45) is 12.8. The van der Waals surface area contributed by atoms with Crippen LogP contribution < -0.4 is 4.74 Å². The highest BCUT2D eigenvalue weighted by molar-refractivity contribution is 6.29. The van der Waals surface area contributed by atoms with E-state index in [1.165, 1.54) is 51.1 Å². The van der Waals surface area contributed by atoms with Gasteiger partial charge in [-0.15, -0.1) is 0 Å². The van der Waals surface area contributed by atoms with Crippen LogP contribution in [0.3, 0.4) is 0 Å². The number of carbonyl (C=O) groups is 1. The van der Waals surface area contributed by atoms with Crippen LogP contribution in [0.2, 0.25) is 5.15 Å². The Hall–Kier alpha value is -1.09. The molecule has 0 aliphatic heterocycles. The molecule has 24 heavy (non-hydrogen) atoms. The second-order valence-electron chi connectivity index (χ2n) is 7.54. The van der Waals surface area contributed by atoms with E-state index in [4.69, 9.17) is 16.3 Å². The molecule has 0 amide bonds. The summed E-state index contributed by atoms with van der Waals surface area (Å²) >= 11 is 5.75. The van der Waals surface area contributed by atoms with Gasteiger partial charge in [0.2, 0.25) is 0 Å². The summed E-state index contributed by atoms with van der Waals surface area (Å²) in [6, 6.07) is 3.35. The van der Waals surface area contributed by atoms with E-state index in [2.05, 4.69) is 11.9 Å². The molecule has 0 aromatic carbocycles. The molecule has 2 saturated carbocycles. The molecule has 2 fully saturated rings. The number of hydrogen-bond acceptors (Lipinski definition) is 3. The van der Waals surface area contributed by atoms with Crippen LogP contribution in [0.4, 0.5) is 0 Å². The zero-order valence-electron chi connectivity index (χ0n) is 14.5. The molecule has 132 valence electrons. The lowest BCUT2D eigenvalue weighted by atomic mass is 9.69. The van der Waals surface area contributed by atoms with Crippen molar-refractivity contribution in [3.05, 3.63) is 23.5 Å². The zero-order valence-corrected chi connectivity index (χ0v) is 15.3. The molecule has 0 radical (unpaired) electrons. The van der Waals surface area contributed by atoms with E-state index in [0.717, 1.165) is 30.6 Å². The number of esters is 1. The molecule has 0 spiro atoms. The molecule has 0 atom stereocenters. The monoisotopic (exact) mass is 349 g/mol. The van der Waals surface area contributed by atoms with Crippen LogP contribution in [-0.2, 0) is 4.79 Å². The fourth-order valence-corrected chi connectivity index (χ4v) is 4.63. The number of aromatic nitrogens is 1. The summed E-state index contributed by atoms with van der Waals surface area (Å²) in [5, 5.41) is 0.410. The Bertz CT molecular complexity index is 529. The number of hydrogen-bond donors (Lipinski definition) is 0. The average Bonchev–Trinajstić information content (AvgIpc) is 2.64. The summed E-state index contributed by atoms with van der Waals surface area (Å²) in [7, 11) is 0. The van der Waals surface area contributed by atoms with Crippen molar-refractivity contribution in [2.75, 3.05) is 0 Å². The maximum atomic E-state index is 12.3. The van der Waals surface area contributed by atoms with Crippen molar-refractivity contribution in [1.29, 1.82) is 0 Å². The Morgan fingerprint density at radius 2 is 1.71 bits per heavy atom. The van der Waals surface area contributed by atoms with Gasteiger partial charge in [-0.3, -0.25) is 4.79 Å². The Morgan fingerprint density at radius 3 is 2.25 bits per heavy atom. The van der Waals surface area contributed by atoms with Gasteiger partial charge in [0, 0.05) is 0 Å². The lowest BCUT2D eigenvalue weighted by Crippen LogP contribution is -2.30. The minimum Gasteiger partial charge on any atom is -0.425 e. The molecule has 3 nitrogen and oxygen atoms in total. The number of ether oxygens (including phenoxy) is 1. The van der Waals surface area contributed by atoms with Crippen molar-refractivity contribution >= 4 is 17.6 Å². The number of nitrogens with zero attached hydrogens (tertiary/aromatic N) is 1. The van der Waals surface area contributed by atoms with E-state index in [9.17, 15) is 4.79 Å². The molecule has 0 saturated heterocycles. The van der Waals surface area contributed by atoms with Gasteiger partial charge in [-0.1, -0.05) is 37.8 Å². The lowest BCUT2D eigenvalue weighted by molar-refractivity contribution is -0.140. The maximum Gasteiger partial charge on any atom is 0.314 e. The first kappa shape index (κ1) is 17.7. The van der Waals surface area contributed by atoms with Gasteiger partial charge in [0.1, 0.15) is 10.9 Å². The van der Waals surface area contributed by atoms with Gasteiger partial charge < -0.3 is 4.74 Å². The highest BCUT2D eigenvalue weighted by atomic mass is 35.5. The topological polar surface area (TPSA) is 39.2 Å². The normalized spacial score (nSPS) is 30.8. The SMILES string of the molecule is CCC1CCC(C2CCC(C(=O)Oc3ccc(Cl)nc3)CC2)CC1.